The number of nitrogens with zero attached hydrogens (tertiary/aromatic N) is 2. The average Bonchev–Trinajstić information content (AvgIpc) is 3.29. The average molecular weight is 461 g/mol. The van der Waals surface area contributed by atoms with Gasteiger partial charge in [0.15, 0.2) is 16.6 Å². The Morgan fingerprint density at radius 3 is 2.58 bits per heavy atom. The minimum atomic E-state index is -0.517. The number of hydrogen-bond donors (Lipinski definition) is 2. The fraction of sp³-hybridized carbons (Fsp3) is 0.300. The molecule has 1 aromatic heterocycles. The summed E-state index contributed by atoms with van der Waals surface area (Å²) in [5.74, 6) is 0.244. The van der Waals surface area contributed by atoms with Crippen LogP contribution in [0.25, 0.3) is 0 Å². The summed E-state index contributed by atoms with van der Waals surface area (Å²) < 4.78 is 16.1. The van der Waals surface area contributed by atoms with Crippen molar-refractivity contribution in [2.75, 3.05) is 32.4 Å². The van der Waals surface area contributed by atoms with Crippen molar-refractivity contribution < 1.29 is 23.8 Å². The van der Waals surface area contributed by atoms with Crippen LogP contribution in [0, 0.1) is 11.3 Å². The van der Waals surface area contributed by atoms with E-state index < -0.39 is 5.92 Å². The highest BCUT2D eigenvalue weighted by molar-refractivity contribution is 8.03. The lowest BCUT2D eigenvalue weighted by Crippen LogP contribution is -2.31. The highest BCUT2D eigenvalue weighted by Crippen LogP contribution is 2.44. The van der Waals surface area contributed by atoms with E-state index in [4.69, 9.17) is 14.2 Å². The quantitative estimate of drug-likeness (QED) is 0.617. The Hall–Kier alpha value is -3.23. The van der Waals surface area contributed by atoms with Gasteiger partial charge in [0, 0.05) is 23.9 Å². The largest absolute Gasteiger partial charge is 0.493 e. The van der Waals surface area contributed by atoms with Gasteiger partial charge in [0.25, 0.3) is 0 Å². The molecule has 2 aromatic rings. The van der Waals surface area contributed by atoms with E-state index in [9.17, 15) is 14.9 Å². The van der Waals surface area contributed by atoms with Crippen molar-refractivity contribution in [3.63, 3.8) is 0 Å². The molecule has 162 valence electrons. The lowest BCUT2D eigenvalue weighted by atomic mass is 9.86. The normalized spacial score (nSPS) is 15.7. The van der Waals surface area contributed by atoms with Crippen LogP contribution in [-0.2, 0) is 9.59 Å². The molecule has 1 aliphatic heterocycles. The fourth-order valence-electron chi connectivity index (χ4n) is 3.10. The molecule has 2 heterocycles. The minimum Gasteiger partial charge on any atom is -0.493 e. The Morgan fingerprint density at radius 1 is 1.32 bits per heavy atom. The molecule has 0 spiro atoms. The van der Waals surface area contributed by atoms with Crippen LogP contribution in [0.2, 0.25) is 0 Å². The maximum absolute atomic E-state index is 12.4. The summed E-state index contributed by atoms with van der Waals surface area (Å²) in [5, 5.41) is 17.8. The van der Waals surface area contributed by atoms with Gasteiger partial charge in [0.1, 0.15) is 0 Å². The summed E-state index contributed by atoms with van der Waals surface area (Å²) >= 11 is 2.40. The zero-order valence-electron chi connectivity index (χ0n) is 17.1. The molecule has 0 saturated carbocycles. The van der Waals surface area contributed by atoms with E-state index in [0.29, 0.717) is 38.5 Å². The van der Waals surface area contributed by atoms with Gasteiger partial charge in [-0.15, -0.1) is 11.3 Å². The summed E-state index contributed by atoms with van der Waals surface area (Å²) in [4.78, 5) is 28.6. The molecular formula is C20H20N4O5S2. The van der Waals surface area contributed by atoms with Crippen LogP contribution in [0.5, 0.6) is 17.2 Å². The number of allylic oxidation sites excluding steroid dienone is 1. The van der Waals surface area contributed by atoms with Gasteiger partial charge in [-0.1, -0.05) is 11.8 Å². The molecule has 11 heteroatoms. The molecule has 0 bridgehead atoms. The van der Waals surface area contributed by atoms with Gasteiger partial charge in [-0.25, -0.2) is 4.98 Å². The highest BCUT2D eigenvalue weighted by Gasteiger charge is 2.31. The van der Waals surface area contributed by atoms with Crippen LogP contribution in [0.3, 0.4) is 0 Å². The number of carbonyl (C=O) groups excluding carboxylic acids is 2. The van der Waals surface area contributed by atoms with Crippen LogP contribution in [0.15, 0.2) is 34.3 Å². The standard InChI is InChI=1S/C20H20N4O5S2/c1-27-14-6-11(7-15(28-2)18(14)29-3)12-8-16(25)23-19(13(12)9-21)31-10-17(26)24-20-22-4-5-30-20/h4-7,12H,8,10H2,1-3H3,(H,23,25)(H,22,24,26)/t12-/m0/s1. The van der Waals surface area contributed by atoms with Crippen LogP contribution < -0.4 is 24.8 Å². The van der Waals surface area contributed by atoms with Crippen LogP contribution >= 0.6 is 23.1 Å². The van der Waals surface area contributed by atoms with E-state index >= 15 is 0 Å². The molecule has 9 nitrogen and oxygen atoms in total. The van der Waals surface area contributed by atoms with Crippen molar-refractivity contribution in [2.45, 2.75) is 12.3 Å². The molecule has 2 amide bonds. The molecule has 0 saturated heterocycles. The maximum Gasteiger partial charge on any atom is 0.236 e. The number of hydrogen-bond acceptors (Lipinski definition) is 9. The number of nitrogens with one attached hydrogen (secondary N) is 2. The minimum absolute atomic E-state index is 0.0162. The Labute approximate surface area is 187 Å². The van der Waals surface area contributed by atoms with E-state index in [1.54, 1.807) is 23.7 Å². The second-order valence-electron chi connectivity index (χ2n) is 6.29. The zero-order chi connectivity index (χ0) is 22.4. The molecule has 1 aliphatic rings. The third-order valence-corrected chi connectivity index (χ3v) is 6.18. The predicted molar refractivity (Wildman–Crippen MR) is 117 cm³/mol. The second-order valence-corrected chi connectivity index (χ2v) is 8.17. The van der Waals surface area contributed by atoms with Gasteiger partial charge >= 0.3 is 0 Å². The summed E-state index contributed by atoms with van der Waals surface area (Å²) in [6.45, 7) is 0. The van der Waals surface area contributed by atoms with E-state index in [1.165, 1.54) is 32.7 Å². The number of methoxy groups -OCH3 is 3. The van der Waals surface area contributed by atoms with Gasteiger partial charge in [-0.05, 0) is 17.7 Å². The van der Waals surface area contributed by atoms with E-state index in [-0.39, 0.29) is 24.0 Å². The van der Waals surface area contributed by atoms with Crippen molar-refractivity contribution in [3.05, 3.63) is 39.9 Å². The number of aromatic nitrogens is 1. The summed E-state index contributed by atoms with van der Waals surface area (Å²) in [7, 11) is 4.50. The number of amides is 2. The summed E-state index contributed by atoms with van der Waals surface area (Å²) in [6.07, 6.45) is 1.67. The number of carbonyl (C=O) groups is 2. The summed E-state index contributed by atoms with van der Waals surface area (Å²) in [5.41, 5.74) is 1.03. The van der Waals surface area contributed by atoms with Crippen molar-refractivity contribution in [3.8, 4) is 23.3 Å². The third-order valence-electron chi connectivity index (χ3n) is 4.47. The van der Waals surface area contributed by atoms with Crippen LogP contribution in [0.1, 0.15) is 17.9 Å². The predicted octanol–water partition coefficient (Wildman–Crippen LogP) is 2.88. The monoisotopic (exact) mass is 460 g/mol. The maximum atomic E-state index is 12.4. The Morgan fingerprint density at radius 2 is 2.03 bits per heavy atom. The number of rotatable bonds is 8. The Kier molecular flexibility index (Phi) is 7.38. The molecule has 1 aromatic carbocycles. The number of thioether (sulfide) groups is 1. The first-order valence-electron chi connectivity index (χ1n) is 9.06. The van der Waals surface area contributed by atoms with E-state index in [0.717, 1.165) is 11.8 Å². The first-order chi connectivity index (χ1) is 15.0. The van der Waals surface area contributed by atoms with Gasteiger partial charge in [0.05, 0.1) is 43.8 Å². The molecule has 0 fully saturated rings. The summed E-state index contributed by atoms with van der Waals surface area (Å²) in [6, 6.07) is 5.63. The highest BCUT2D eigenvalue weighted by atomic mass is 32.2. The molecule has 0 radical (unpaired) electrons. The lowest BCUT2D eigenvalue weighted by molar-refractivity contribution is -0.121. The number of benzene rings is 1. The Bertz CT molecular complexity index is 1020. The number of thiazole rings is 1. The fourth-order valence-corrected chi connectivity index (χ4v) is 4.52. The van der Waals surface area contributed by atoms with Crippen LogP contribution in [0.4, 0.5) is 5.13 Å². The lowest BCUT2D eigenvalue weighted by Gasteiger charge is -2.26. The van der Waals surface area contributed by atoms with Gasteiger partial charge in [-0.3, -0.25) is 9.59 Å². The molecule has 1 atom stereocenters. The SMILES string of the molecule is COc1cc([C@@H]2CC(=O)NC(SCC(=O)Nc3nccs3)=C2C#N)cc(OC)c1OC. The van der Waals surface area contributed by atoms with Gasteiger partial charge in [0.2, 0.25) is 17.6 Å². The number of ether oxygens (including phenoxy) is 3. The first kappa shape index (κ1) is 22.5. The van der Waals surface area contributed by atoms with E-state index in [2.05, 4.69) is 21.7 Å². The topological polar surface area (TPSA) is 123 Å². The molecule has 0 unspecified atom stereocenters. The number of anilines is 1. The molecular weight excluding hydrogens is 440 g/mol. The molecule has 31 heavy (non-hydrogen) atoms. The molecule has 2 N–H and O–H groups in total. The third kappa shape index (κ3) is 5.10. The second kappa shape index (κ2) is 10.2. The van der Waals surface area contributed by atoms with Crippen molar-refractivity contribution >= 4 is 40.0 Å². The van der Waals surface area contributed by atoms with E-state index in [1.807, 2.05) is 0 Å². The zero-order valence-corrected chi connectivity index (χ0v) is 18.7. The smallest absolute Gasteiger partial charge is 0.236 e. The first-order valence-corrected chi connectivity index (χ1v) is 10.9. The van der Waals surface area contributed by atoms with Crippen molar-refractivity contribution in [1.82, 2.24) is 10.3 Å². The molecule has 0 aliphatic carbocycles. The van der Waals surface area contributed by atoms with Crippen LogP contribution in [-0.4, -0.2) is 43.9 Å². The molecule has 3 rings (SSSR count). The Balaban J connectivity index is 1.89. The van der Waals surface area contributed by atoms with Gasteiger partial charge < -0.3 is 24.8 Å². The van der Waals surface area contributed by atoms with Crippen molar-refractivity contribution in [2.24, 2.45) is 0 Å². The van der Waals surface area contributed by atoms with Crippen molar-refractivity contribution in [1.29, 1.82) is 5.26 Å². The number of nitriles is 1. The van der Waals surface area contributed by atoms with Gasteiger partial charge in [-0.2, -0.15) is 5.26 Å².